The monoisotopic (exact) mass is 401 g/mol. The third-order valence-corrected chi connectivity index (χ3v) is 9.38. The fourth-order valence-electron chi connectivity index (χ4n) is 0.576. The molecular weight excluding hydrogens is 390 g/mol. The number of methoxy groups -OCH3 is 1. The molecule has 1 aliphatic heterocycles. The quantitative estimate of drug-likeness (QED) is 0.219. The zero-order valence-corrected chi connectivity index (χ0v) is 10.9. The van der Waals surface area contributed by atoms with E-state index in [9.17, 15) is 4.79 Å². The Morgan fingerprint density at radius 1 is 1.83 bits per heavy atom. The molecule has 1 heterocycles. The van der Waals surface area contributed by atoms with Gasteiger partial charge in [-0.15, -0.1) is 0 Å². The van der Waals surface area contributed by atoms with Gasteiger partial charge in [-0.05, 0) is 0 Å². The molecule has 5 nitrogen and oxygen atoms in total. The number of ether oxygens (including phenoxy) is 1. The normalized spacial score (nSPS) is 21.0. The Morgan fingerprint density at radius 3 is 2.92 bits per heavy atom. The van der Waals surface area contributed by atoms with Crippen LogP contribution in [-0.2, 0) is 12.6 Å². The SMILES string of the molecule is COC(=O)C[C@H](CN)OI1N[I-]1. The molecule has 0 aromatic heterocycles. The molecule has 1 aliphatic rings. The van der Waals surface area contributed by atoms with Crippen molar-refractivity contribution in [1.29, 1.82) is 0 Å². The summed E-state index contributed by atoms with van der Waals surface area (Å²) in [5.74, 6) is -0.249. The molecule has 0 aromatic rings. The second-order valence-corrected chi connectivity index (χ2v) is 15.0. The standard InChI is InChI=1S/C5H11I2N2O3/c1-11-5(10)2-4(3-8)12-7-6-9-7/h4,9H,2-3,8H2,1H3/q-1/t4-/m1/s1. The Labute approximate surface area is 85.7 Å². The molecule has 0 bridgehead atoms. The number of nitrogens with one attached hydrogen (secondary N) is 1. The van der Waals surface area contributed by atoms with Crippen LogP contribution in [0, 0.1) is 0 Å². The molecule has 0 radical (unpaired) electrons. The van der Waals surface area contributed by atoms with E-state index in [0.29, 0.717) is 6.54 Å². The maximum atomic E-state index is 10.8. The van der Waals surface area contributed by atoms with E-state index in [1.807, 2.05) is 0 Å². The molecule has 7 heteroatoms. The van der Waals surface area contributed by atoms with Gasteiger partial charge in [0, 0.05) is 0 Å². The Balaban J connectivity index is 2.18. The van der Waals surface area contributed by atoms with E-state index < -0.39 is 16.5 Å². The van der Waals surface area contributed by atoms with Crippen molar-refractivity contribution in [3.63, 3.8) is 0 Å². The predicted octanol–water partition coefficient (Wildman–Crippen LogP) is -3.25. The van der Waals surface area contributed by atoms with Crippen LogP contribution in [0.25, 0.3) is 0 Å². The van der Waals surface area contributed by atoms with Gasteiger partial charge in [-0.25, -0.2) is 0 Å². The average molecular weight is 401 g/mol. The number of hydrogen-bond acceptors (Lipinski definition) is 5. The molecule has 74 valence electrons. The first-order valence-electron chi connectivity index (χ1n) is 3.31. The van der Waals surface area contributed by atoms with Crippen molar-refractivity contribution in [3.05, 3.63) is 0 Å². The van der Waals surface area contributed by atoms with Gasteiger partial charge in [0.1, 0.15) is 0 Å². The molecule has 3 N–H and O–H groups in total. The van der Waals surface area contributed by atoms with Gasteiger partial charge >= 0.3 is 86.3 Å². The van der Waals surface area contributed by atoms with Crippen molar-refractivity contribution in [1.82, 2.24) is 1.74 Å². The zero-order valence-electron chi connectivity index (χ0n) is 6.55. The van der Waals surface area contributed by atoms with Gasteiger partial charge in [-0.3, -0.25) is 0 Å². The summed E-state index contributed by atoms with van der Waals surface area (Å²) in [6.45, 7) is 0.397. The van der Waals surface area contributed by atoms with Gasteiger partial charge in [0.15, 0.2) is 0 Å². The third-order valence-electron chi connectivity index (χ3n) is 1.22. The number of esters is 1. The molecule has 0 saturated carbocycles. The van der Waals surface area contributed by atoms with Crippen molar-refractivity contribution in [2.24, 2.45) is 5.73 Å². The summed E-state index contributed by atoms with van der Waals surface area (Å²) in [6, 6.07) is 0. The molecule has 1 saturated heterocycles. The van der Waals surface area contributed by atoms with Gasteiger partial charge < -0.3 is 0 Å². The van der Waals surface area contributed by atoms with Crippen LogP contribution < -0.4 is 25.0 Å². The minimum atomic E-state index is -1.15. The van der Waals surface area contributed by atoms with Gasteiger partial charge in [-0.1, -0.05) is 0 Å². The summed E-state index contributed by atoms with van der Waals surface area (Å²) in [5, 5.41) is 0. The van der Waals surface area contributed by atoms with E-state index in [1.165, 1.54) is 7.11 Å². The van der Waals surface area contributed by atoms with Crippen molar-refractivity contribution in [3.8, 4) is 0 Å². The fraction of sp³-hybridized carbons (Fsp3) is 0.800. The number of carbonyl (C=O) groups is 1. The van der Waals surface area contributed by atoms with Crippen molar-refractivity contribution in [2.75, 3.05) is 13.7 Å². The number of halogens is 2. The molecule has 0 amide bonds. The van der Waals surface area contributed by atoms with Crippen molar-refractivity contribution < 1.29 is 30.1 Å². The number of hydrogen-bond donors (Lipinski definition) is 2. The minimum absolute atomic E-state index is 0.127. The van der Waals surface area contributed by atoms with Crippen molar-refractivity contribution >= 4 is 22.5 Å². The summed E-state index contributed by atoms with van der Waals surface area (Å²) in [6.07, 6.45) is 0.157. The van der Waals surface area contributed by atoms with E-state index >= 15 is 0 Å². The topological polar surface area (TPSA) is 83.5 Å². The fourth-order valence-corrected chi connectivity index (χ4v) is 8.22. The van der Waals surface area contributed by atoms with Gasteiger partial charge in [0.25, 0.3) is 0 Å². The number of nitrogens with two attached hydrogens (primary N) is 1. The first-order valence-corrected chi connectivity index (χ1v) is 12.6. The maximum absolute atomic E-state index is 10.8. The van der Waals surface area contributed by atoms with Gasteiger partial charge in [0.05, 0.1) is 0 Å². The molecule has 1 atom stereocenters. The summed E-state index contributed by atoms with van der Waals surface area (Å²) < 4.78 is 13.3. The number of carbonyl (C=O) groups excluding carboxylic acids is 1. The van der Waals surface area contributed by atoms with E-state index in [2.05, 4.69) is 6.48 Å². The van der Waals surface area contributed by atoms with Crippen LogP contribution in [0.15, 0.2) is 0 Å². The van der Waals surface area contributed by atoms with Crippen molar-refractivity contribution in [2.45, 2.75) is 12.5 Å². The summed E-state index contributed by atoms with van der Waals surface area (Å²) in [5.41, 5.74) is 5.43. The van der Waals surface area contributed by atoms with E-state index in [0.717, 1.165) is 0 Å². The Hall–Kier alpha value is 0.810. The van der Waals surface area contributed by atoms with Crippen LogP contribution >= 0.6 is 16.5 Å². The molecule has 0 aliphatic carbocycles. The van der Waals surface area contributed by atoms with Crippen LogP contribution in [0.5, 0.6) is 0 Å². The molecule has 1 rings (SSSR count). The Kier molecular flexibility index (Phi) is 5.01. The average Bonchev–Trinajstić information content (AvgIpc) is 2.86. The van der Waals surface area contributed by atoms with E-state index in [1.54, 1.807) is 0 Å². The molecule has 1 fully saturated rings. The molecular formula is C5H11I2N2O3-. The molecule has 12 heavy (non-hydrogen) atoms. The van der Waals surface area contributed by atoms with Crippen LogP contribution in [0.3, 0.4) is 0 Å². The first kappa shape index (κ1) is 10.9. The Bertz CT molecular complexity index is 165. The van der Waals surface area contributed by atoms with Gasteiger partial charge in [-0.2, -0.15) is 0 Å². The van der Waals surface area contributed by atoms with E-state index in [4.69, 9.17) is 8.80 Å². The third kappa shape index (κ3) is 4.16. The summed E-state index contributed by atoms with van der Waals surface area (Å²) in [4.78, 5) is 10.8. The van der Waals surface area contributed by atoms with Crippen LogP contribution in [0.2, 0.25) is 0 Å². The van der Waals surface area contributed by atoms with Crippen LogP contribution in [0.4, 0.5) is 0 Å². The summed E-state index contributed by atoms with van der Waals surface area (Å²) >= 11 is -0.965. The van der Waals surface area contributed by atoms with E-state index in [-0.39, 0.29) is 36.0 Å². The second-order valence-electron chi connectivity index (χ2n) is 2.08. The predicted molar refractivity (Wildman–Crippen MR) is 47.7 cm³/mol. The first-order chi connectivity index (χ1) is 5.76. The molecule has 0 unspecified atom stereocenters. The zero-order chi connectivity index (χ0) is 8.97. The number of rotatable bonds is 5. The summed E-state index contributed by atoms with van der Waals surface area (Å²) in [7, 11) is 1.37. The second kappa shape index (κ2) is 5.52. The van der Waals surface area contributed by atoms with Crippen LogP contribution in [0.1, 0.15) is 6.42 Å². The molecule has 0 aromatic carbocycles. The Morgan fingerprint density at radius 2 is 2.50 bits per heavy atom. The van der Waals surface area contributed by atoms with Gasteiger partial charge in [0.2, 0.25) is 0 Å². The van der Waals surface area contributed by atoms with Crippen LogP contribution in [-0.4, -0.2) is 25.7 Å². The molecule has 0 spiro atoms.